The van der Waals surface area contributed by atoms with Gasteiger partial charge in [-0.05, 0) is 23.9 Å². The van der Waals surface area contributed by atoms with Crippen LogP contribution in [0.25, 0.3) is 0 Å². The minimum atomic E-state index is 0.182. The lowest BCUT2D eigenvalue weighted by Crippen LogP contribution is -2.51. The molecule has 0 atom stereocenters. The van der Waals surface area contributed by atoms with Crippen molar-refractivity contribution in [2.75, 3.05) is 25.0 Å². The molecule has 1 fully saturated rings. The molecule has 1 aromatic heterocycles. The molecule has 14 heavy (non-hydrogen) atoms. The Kier molecular flexibility index (Phi) is 2.56. The molecule has 4 heteroatoms. The van der Waals surface area contributed by atoms with Crippen LogP contribution in [0.4, 0.5) is 5.00 Å². The lowest BCUT2D eigenvalue weighted by Gasteiger charge is -2.29. The number of hydrogen-bond donors (Lipinski definition) is 1. The molecule has 1 aliphatic heterocycles. The Bertz CT molecular complexity index is 344. The Hall–Kier alpha value is -0.870. The van der Waals surface area contributed by atoms with E-state index in [0.29, 0.717) is 0 Å². The summed E-state index contributed by atoms with van der Waals surface area (Å²) in [6, 6.07) is 2.04. The van der Waals surface area contributed by atoms with Gasteiger partial charge in [0.15, 0.2) is 0 Å². The summed E-state index contributed by atoms with van der Waals surface area (Å²) in [6.07, 6.45) is 0. The van der Waals surface area contributed by atoms with Gasteiger partial charge in [-0.3, -0.25) is 4.79 Å². The number of anilines is 1. The zero-order chi connectivity index (χ0) is 10.1. The van der Waals surface area contributed by atoms with Crippen molar-refractivity contribution in [1.82, 2.24) is 5.32 Å². The van der Waals surface area contributed by atoms with Gasteiger partial charge >= 0.3 is 0 Å². The van der Waals surface area contributed by atoms with Gasteiger partial charge in [-0.2, -0.15) is 0 Å². The molecule has 1 N–H and O–H groups in total. The third-order valence-electron chi connectivity index (χ3n) is 2.60. The van der Waals surface area contributed by atoms with Crippen LogP contribution in [-0.4, -0.2) is 26.0 Å². The first kappa shape index (κ1) is 9.68. The number of nitrogens with zero attached hydrogens (tertiary/aromatic N) is 1. The van der Waals surface area contributed by atoms with Crippen molar-refractivity contribution in [2.24, 2.45) is 5.92 Å². The molecule has 76 valence electrons. The Morgan fingerprint density at radius 2 is 2.36 bits per heavy atom. The fourth-order valence-corrected chi connectivity index (χ4v) is 2.45. The molecular formula is C10H14N2OS. The predicted octanol–water partition coefficient (Wildman–Crippen LogP) is 1.24. The van der Waals surface area contributed by atoms with Gasteiger partial charge in [-0.1, -0.05) is 0 Å². The lowest BCUT2D eigenvalue weighted by atomic mass is 10.0. The predicted molar refractivity (Wildman–Crippen MR) is 58.8 cm³/mol. The number of hydrogen-bond acceptors (Lipinski definition) is 3. The summed E-state index contributed by atoms with van der Waals surface area (Å²) in [7, 11) is 1.86. The highest BCUT2D eigenvalue weighted by molar-refractivity contribution is 7.14. The van der Waals surface area contributed by atoms with Crippen molar-refractivity contribution >= 4 is 22.2 Å². The number of thiophene rings is 1. The van der Waals surface area contributed by atoms with E-state index in [-0.39, 0.29) is 11.8 Å². The normalized spacial score (nSPS) is 16.4. The Balaban J connectivity index is 2.11. The Labute approximate surface area is 87.7 Å². The minimum absolute atomic E-state index is 0.182. The van der Waals surface area contributed by atoms with Crippen LogP contribution in [0, 0.1) is 12.8 Å². The number of carbonyl (C=O) groups excluding carboxylic acids is 1. The highest BCUT2D eigenvalue weighted by atomic mass is 32.1. The largest absolute Gasteiger partial charge is 0.315 e. The molecule has 1 aliphatic rings. The average Bonchev–Trinajstić information content (AvgIpc) is 2.47. The van der Waals surface area contributed by atoms with Gasteiger partial charge in [0, 0.05) is 20.1 Å². The third-order valence-corrected chi connectivity index (χ3v) is 3.69. The molecule has 0 unspecified atom stereocenters. The van der Waals surface area contributed by atoms with E-state index in [1.807, 2.05) is 25.4 Å². The summed E-state index contributed by atoms with van der Waals surface area (Å²) in [4.78, 5) is 13.7. The molecule has 0 saturated carbocycles. The van der Waals surface area contributed by atoms with Crippen LogP contribution >= 0.6 is 11.3 Å². The number of aryl methyl sites for hydroxylation is 1. The van der Waals surface area contributed by atoms with E-state index in [9.17, 15) is 4.79 Å². The maximum atomic E-state index is 11.9. The summed E-state index contributed by atoms with van der Waals surface area (Å²) in [6.45, 7) is 3.69. The smallest absolute Gasteiger partial charge is 0.233 e. The molecule has 0 aromatic carbocycles. The second-order valence-electron chi connectivity index (χ2n) is 3.66. The Morgan fingerprint density at radius 3 is 2.79 bits per heavy atom. The monoisotopic (exact) mass is 210 g/mol. The maximum Gasteiger partial charge on any atom is 0.233 e. The summed E-state index contributed by atoms with van der Waals surface area (Å²) in [5.74, 6) is 0.413. The van der Waals surface area contributed by atoms with Crippen LogP contribution in [0.2, 0.25) is 0 Å². The third kappa shape index (κ3) is 1.55. The van der Waals surface area contributed by atoms with Crippen LogP contribution in [0.3, 0.4) is 0 Å². The topological polar surface area (TPSA) is 32.3 Å². The van der Waals surface area contributed by atoms with Crippen LogP contribution in [-0.2, 0) is 4.79 Å². The summed E-state index contributed by atoms with van der Waals surface area (Å²) < 4.78 is 0. The highest BCUT2D eigenvalue weighted by Crippen LogP contribution is 2.27. The van der Waals surface area contributed by atoms with E-state index in [1.165, 1.54) is 5.56 Å². The standard InChI is InChI=1S/C10H14N2OS/c1-7-3-4-14-10(7)12(2)9(13)8-5-11-6-8/h3-4,8,11H,5-6H2,1-2H3. The molecule has 2 rings (SSSR count). The molecule has 2 heterocycles. The fourth-order valence-electron chi connectivity index (χ4n) is 1.55. The first-order valence-corrected chi connectivity index (χ1v) is 5.60. The van der Waals surface area contributed by atoms with Crippen molar-refractivity contribution in [2.45, 2.75) is 6.92 Å². The Morgan fingerprint density at radius 1 is 1.64 bits per heavy atom. The number of carbonyl (C=O) groups is 1. The molecule has 0 radical (unpaired) electrons. The molecule has 0 bridgehead atoms. The number of amides is 1. The van der Waals surface area contributed by atoms with E-state index in [4.69, 9.17) is 0 Å². The van der Waals surface area contributed by atoms with Gasteiger partial charge in [0.1, 0.15) is 5.00 Å². The molecule has 1 aromatic rings. The van der Waals surface area contributed by atoms with E-state index in [2.05, 4.69) is 5.32 Å². The lowest BCUT2D eigenvalue weighted by molar-refractivity contribution is -0.123. The summed E-state index contributed by atoms with van der Waals surface area (Å²) >= 11 is 1.62. The van der Waals surface area contributed by atoms with Crippen molar-refractivity contribution in [1.29, 1.82) is 0 Å². The van der Waals surface area contributed by atoms with Crippen molar-refractivity contribution in [3.05, 3.63) is 17.0 Å². The molecule has 1 amide bonds. The molecule has 0 aliphatic carbocycles. The first-order valence-electron chi connectivity index (χ1n) is 4.72. The fraction of sp³-hybridized carbons (Fsp3) is 0.500. The maximum absolute atomic E-state index is 11.9. The van der Waals surface area contributed by atoms with Gasteiger partial charge in [0.2, 0.25) is 5.91 Å². The van der Waals surface area contributed by atoms with Crippen LogP contribution in [0.5, 0.6) is 0 Å². The van der Waals surface area contributed by atoms with Gasteiger partial charge < -0.3 is 10.2 Å². The first-order chi connectivity index (χ1) is 6.70. The molecule has 1 saturated heterocycles. The van der Waals surface area contributed by atoms with Crippen molar-refractivity contribution < 1.29 is 4.79 Å². The summed E-state index contributed by atoms with van der Waals surface area (Å²) in [5.41, 5.74) is 1.18. The van der Waals surface area contributed by atoms with Crippen molar-refractivity contribution in [3.8, 4) is 0 Å². The average molecular weight is 210 g/mol. The molecular weight excluding hydrogens is 196 g/mol. The van der Waals surface area contributed by atoms with Gasteiger partial charge in [0.05, 0.1) is 5.92 Å². The second-order valence-corrected chi connectivity index (χ2v) is 4.56. The van der Waals surface area contributed by atoms with Crippen LogP contribution in [0.1, 0.15) is 5.56 Å². The molecule has 3 nitrogen and oxygen atoms in total. The number of rotatable bonds is 2. The van der Waals surface area contributed by atoms with Crippen molar-refractivity contribution in [3.63, 3.8) is 0 Å². The second kappa shape index (κ2) is 3.71. The minimum Gasteiger partial charge on any atom is -0.315 e. The zero-order valence-electron chi connectivity index (χ0n) is 8.41. The SMILES string of the molecule is Cc1ccsc1N(C)C(=O)C1CNC1. The van der Waals surface area contributed by atoms with E-state index in [1.54, 1.807) is 16.2 Å². The van der Waals surface area contributed by atoms with E-state index < -0.39 is 0 Å². The van der Waals surface area contributed by atoms with Crippen LogP contribution in [0.15, 0.2) is 11.4 Å². The van der Waals surface area contributed by atoms with Gasteiger partial charge in [0.25, 0.3) is 0 Å². The van der Waals surface area contributed by atoms with Gasteiger partial charge in [-0.25, -0.2) is 0 Å². The van der Waals surface area contributed by atoms with E-state index >= 15 is 0 Å². The van der Waals surface area contributed by atoms with E-state index in [0.717, 1.165) is 18.1 Å². The zero-order valence-corrected chi connectivity index (χ0v) is 9.23. The number of nitrogens with one attached hydrogen (secondary N) is 1. The quantitative estimate of drug-likeness (QED) is 0.796. The van der Waals surface area contributed by atoms with Gasteiger partial charge in [-0.15, -0.1) is 11.3 Å². The highest BCUT2D eigenvalue weighted by Gasteiger charge is 2.28. The molecule has 0 spiro atoms. The van der Waals surface area contributed by atoms with Crippen LogP contribution < -0.4 is 10.2 Å². The summed E-state index contributed by atoms with van der Waals surface area (Å²) in [5, 5.41) is 6.21.